The van der Waals surface area contributed by atoms with Crippen molar-refractivity contribution in [1.82, 2.24) is 4.31 Å². The molecule has 0 radical (unpaired) electrons. The van der Waals surface area contributed by atoms with Crippen LogP contribution in [-0.4, -0.2) is 57.5 Å². The van der Waals surface area contributed by atoms with Gasteiger partial charge in [-0.15, -0.1) is 0 Å². The lowest BCUT2D eigenvalue weighted by atomic mass is 10.3. The first-order valence-electron chi connectivity index (χ1n) is 8.21. The number of anilines is 1. The van der Waals surface area contributed by atoms with Gasteiger partial charge in [0.05, 0.1) is 4.90 Å². The first-order valence-corrected chi connectivity index (χ1v) is 9.65. The van der Waals surface area contributed by atoms with Crippen LogP contribution in [0.1, 0.15) is 13.8 Å². The van der Waals surface area contributed by atoms with E-state index in [0.717, 1.165) is 6.26 Å². The van der Waals surface area contributed by atoms with Gasteiger partial charge in [-0.1, -0.05) is 0 Å². The Balaban J connectivity index is 1.91. The van der Waals surface area contributed by atoms with Crippen LogP contribution in [0.25, 0.3) is 0 Å². The van der Waals surface area contributed by atoms with Gasteiger partial charge < -0.3 is 19.5 Å². The summed E-state index contributed by atoms with van der Waals surface area (Å²) in [5.74, 6) is -1.48. The smallest absolute Gasteiger partial charge is 0.377 e. The van der Waals surface area contributed by atoms with Crippen LogP contribution in [0.15, 0.2) is 41.2 Å². The number of nitrogens with zero attached hydrogens (tertiary/aromatic N) is 1. The Labute approximate surface area is 157 Å². The van der Waals surface area contributed by atoms with E-state index in [-0.39, 0.29) is 23.3 Å². The molecule has 0 saturated heterocycles. The summed E-state index contributed by atoms with van der Waals surface area (Å²) < 4.78 is 40.8. The molecule has 2 rings (SSSR count). The minimum Gasteiger partial charge on any atom is -0.493 e. The van der Waals surface area contributed by atoms with Gasteiger partial charge in [0.1, 0.15) is 19.5 Å². The summed E-state index contributed by atoms with van der Waals surface area (Å²) in [6, 6.07) is 5.53. The molecule has 0 saturated carbocycles. The highest BCUT2D eigenvalue weighted by Crippen LogP contribution is 2.19. The van der Waals surface area contributed by atoms with Gasteiger partial charge in [-0.3, -0.25) is 4.79 Å². The molecular formula is C17H22N2O7S. The summed E-state index contributed by atoms with van der Waals surface area (Å²) in [4.78, 5) is 23.7. The number of esters is 1. The Morgan fingerprint density at radius 3 is 2.44 bits per heavy atom. The van der Waals surface area contributed by atoms with Crippen LogP contribution >= 0.6 is 0 Å². The highest BCUT2D eigenvalue weighted by Gasteiger charge is 2.23. The minimum absolute atomic E-state index is 0.0992. The fourth-order valence-electron chi connectivity index (χ4n) is 2.03. The van der Waals surface area contributed by atoms with Gasteiger partial charge in [-0.2, -0.15) is 4.31 Å². The maximum atomic E-state index is 12.4. The number of carbonyl (C=O) groups is 2. The van der Waals surface area contributed by atoms with Crippen molar-refractivity contribution in [2.45, 2.75) is 24.8 Å². The van der Waals surface area contributed by atoms with Gasteiger partial charge in [0, 0.05) is 18.8 Å². The number of sulfonamides is 1. The average Bonchev–Trinajstić information content (AvgIpc) is 2.66. The summed E-state index contributed by atoms with van der Waals surface area (Å²) in [6.07, 6.45) is 1.14. The Bertz CT molecular complexity index is 816. The molecule has 1 amide bonds. The SMILES string of the molecule is CC(C)N(C)S(=O)(=O)c1ccc(NC(=O)COC(=O)C2=COCCO2)cc1. The molecule has 0 aliphatic carbocycles. The summed E-state index contributed by atoms with van der Waals surface area (Å²) in [6.45, 7) is 3.60. The van der Waals surface area contributed by atoms with Crippen molar-refractivity contribution >= 4 is 27.6 Å². The van der Waals surface area contributed by atoms with E-state index >= 15 is 0 Å². The van der Waals surface area contributed by atoms with E-state index in [9.17, 15) is 18.0 Å². The molecule has 10 heteroatoms. The molecular weight excluding hydrogens is 376 g/mol. The number of rotatable bonds is 7. The largest absolute Gasteiger partial charge is 0.493 e. The summed E-state index contributed by atoms with van der Waals surface area (Å²) >= 11 is 0. The average molecular weight is 398 g/mol. The number of benzene rings is 1. The van der Waals surface area contributed by atoms with Gasteiger partial charge >= 0.3 is 5.97 Å². The van der Waals surface area contributed by atoms with E-state index in [1.54, 1.807) is 13.8 Å². The minimum atomic E-state index is -3.60. The first kappa shape index (κ1) is 20.7. The topological polar surface area (TPSA) is 111 Å². The second kappa shape index (κ2) is 8.87. The second-order valence-electron chi connectivity index (χ2n) is 5.97. The number of carbonyl (C=O) groups excluding carboxylic acids is 2. The fourth-order valence-corrected chi connectivity index (χ4v) is 3.40. The molecule has 0 aromatic heterocycles. The first-order chi connectivity index (χ1) is 12.7. The van der Waals surface area contributed by atoms with Crippen molar-refractivity contribution in [1.29, 1.82) is 0 Å². The van der Waals surface area contributed by atoms with Crippen molar-refractivity contribution in [3.05, 3.63) is 36.3 Å². The maximum absolute atomic E-state index is 12.4. The van der Waals surface area contributed by atoms with E-state index < -0.39 is 28.5 Å². The van der Waals surface area contributed by atoms with Crippen molar-refractivity contribution in [2.24, 2.45) is 0 Å². The molecule has 0 unspecified atom stereocenters. The second-order valence-corrected chi connectivity index (χ2v) is 7.96. The quantitative estimate of drug-likeness (QED) is 0.684. The number of hydrogen-bond acceptors (Lipinski definition) is 7. The van der Waals surface area contributed by atoms with Gasteiger partial charge in [-0.05, 0) is 38.1 Å². The van der Waals surface area contributed by atoms with Gasteiger partial charge in [0.15, 0.2) is 6.61 Å². The third-order valence-electron chi connectivity index (χ3n) is 3.73. The summed E-state index contributed by atoms with van der Waals surface area (Å²) in [5.41, 5.74) is 0.374. The van der Waals surface area contributed by atoms with Crippen LogP contribution < -0.4 is 5.32 Å². The Kier molecular flexibility index (Phi) is 6.81. The van der Waals surface area contributed by atoms with Crippen LogP contribution in [0.5, 0.6) is 0 Å². The summed E-state index contributed by atoms with van der Waals surface area (Å²) in [7, 11) is -2.10. The lowest BCUT2D eigenvalue weighted by Gasteiger charge is -2.21. The molecule has 9 nitrogen and oxygen atoms in total. The van der Waals surface area contributed by atoms with Crippen molar-refractivity contribution < 1.29 is 32.2 Å². The zero-order chi connectivity index (χ0) is 20.0. The van der Waals surface area contributed by atoms with Crippen LogP contribution in [0.2, 0.25) is 0 Å². The summed E-state index contributed by atoms with van der Waals surface area (Å²) in [5, 5.41) is 2.51. The van der Waals surface area contributed by atoms with E-state index in [4.69, 9.17) is 14.2 Å². The molecule has 1 aromatic rings. The van der Waals surface area contributed by atoms with Gasteiger partial charge in [0.25, 0.3) is 5.91 Å². The molecule has 27 heavy (non-hydrogen) atoms. The Morgan fingerprint density at radius 2 is 1.89 bits per heavy atom. The zero-order valence-electron chi connectivity index (χ0n) is 15.3. The molecule has 1 aliphatic heterocycles. The van der Waals surface area contributed by atoms with E-state index in [1.807, 2.05) is 0 Å². The van der Waals surface area contributed by atoms with Crippen LogP contribution in [0, 0.1) is 0 Å². The number of ether oxygens (including phenoxy) is 3. The lowest BCUT2D eigenvalue weighted by Crippen LogP contribution is -2.33. The Hall–Kier alpha value is -2.59. The van der Waals surface area contributed by atoms with Crippen molar-refractivity contribution in [2.75, 3.05) is 32.2 Å². The monoisotopic (exact) mass is 398 g/mol. The van der Waals surface area contributed by atoms with Gasteiger partial charge in [0.2, 0.25) is 15.8 Å². The number of amides is 1. The molecule has 0 spiro atoms. The normalized spacial score (nSPS) is 14.2. The standard InChI is InChI=1S/C17H22N2O7S/c1-12(2)19(3)27(22,23)14-6-4-13(5-7-14)18-16(20)11-26-17(21)15-10-24-8-9-25-15/h4-7,10,12H,8-9,11H2,1-3H3,(H,18,20). The highest BCUT2D eigenvalue weighted by atomic mass is 32.2. The molecule has 0 fully saturated rings. The third-order valence-corrected chi connectivity index (χ3v) is 5.77. The molecule has 1 aliphatic rings. The predicted octanol–water partition coefficient (Wildman–Crippen LogP) is 1.09. The zero-order valence-corrected chi connectivity index (χ0v) is 16.1. The fraction of sp³-hybridized carbons (Fsp3) is 0.412. The van der Waals surface area contributed by atoms with Gasteiger partial charge in [-0.25, -0.2) is 13.2 Å². The van der Waals surface area contributed by atoms with Crippen molar-refractivity contribution in [3.63, 3.8) is 0 Å². The highest BCUT2D eigenvalue weighted by molar-refractivity contribution is 7.89. The molecule has 1 heterocycles. The maximum Gasteiger partial charge on any atom is 0.377 e. The van der Waals surface area contributed by atoms with E-state index in [2.05, 4.69) is 5.32 Å². The Morgan fingerprint density at radius 1 is 1.22 bits per heavy atom. The van der Waals surface area contributed by atoms with Crippen molar-refractivity contribution in [3.8, 4) is 0 Å². The molecule has 1 aromatic carbocycles. The molecule has 0 bridgehead atoms. The van der Waals surface area contributed by atoms with E-state index in [1.165, 1.54) is 35.6 Å². The number of nitrogens with one attached hydrogen (secondary N) is 1. The molecule has 0 atom stereocenters. The predicted molar refractivity (Wildman–Crippen MR) is 96.1 cm³/mol. The lowest BCUT2D eigenvalue weighted by molar-refractivity contribution is -0.148. The van der Waals surface area contributed by atoms with E-state index in [0.29, 0.717) is 12.3 Å². The van der Waals surface area contributed by atoms with Crippen LogP contribution in [0.4, 0.5) is 5.69 Å². The van der Waals surface area contributed by atoms with Crippen LogP contribution in [0.3, 0.4) is 0 Å². The number of hydrogen-bond donors (Lipinski definition) is 1. The van der Waals surface area contributed by atoms with Crippen LogP contribution in [-0.2, 0) is 33.8 Å². The molecule has 1 N–H and O–H groups in total. The molecule has 148 valence electrons. The third kappa shape index (κ3) is 5.44.